The number of halogens is 3. The van der Waals surface area contributed by atoms with E-state index in [0.29, 0.717) is 38.4 Å². The average molecular weight is 381 g/mol. The molecule has 1 fully saturated rings. The Labute approximate surface area is 155 Å². The Morgan fingerprint density at radius 2 is 1.93 bits per heavy atom. The summed E-state index contributed by atoms with van der Waals surface area (Å²) in [5.41, 5.74) is -0.129. The normalized spacial score (nSPS) is 16.4. The van der Waals surface area contributed by atoms with Crippen LogP contribution in [0.4, 0.5) is 18.9 Å². The Balaban J connectivity index is 1.53. The van der Waals surface area contributed by atoms with Gasteiger partial charge in [0.1, 0.15) is 5.76 Å². The molecule has 8 heteroatoms. The first-order valence-corrected chi connectivity index (χ1v) is 8.81. The molecule has 146 valence electrons. The summed E-state index contributed by atoms with van der Waals surface area (Å²) in [6.07, 6.45) is -2.78. The number of carbonyl (C=O) groups excluding carboxylic acids is 1. The number of anilines is 1. The van der Waals surface area contributed by atoms with E-state index in [1.807, 2.05) is 11.0 Å². The number of carbonyl (C=O) groups is 1. The minimum atomic E-state index is -4.36. The van der Waals surface area contributed by atoms with E-state index in [0.717, 1.165) is 17.9 Å². The summed E-state index contributed by atoms with van der Waals surface area (Å²) in [7, 11) is 0. The molecule has 1 unspecified atom stereocenters. The number of piperazine rings is 1. The largest absolute Gasteiger partial charge is 0.468 e. The van der Waals surface area contributed by atoms with E-state index >= 15 is 0 Å². The molecule has 1 amide bonds. The van der Waals surface area contributed by atoms with E-state index in [9.17, 15) is 18.0 Å². The van der Waals surface area contributed by atoms with Crippen LogP contribution in [-0.2, 0) is 17.5 Å². The predicted octanol–water partition coefficient (Wildman–Crippen LogP) is 3.13. The molecule has 2 aromatic rings. The van der Waals surface area contributed by atoms with Crippen molar-refractivity contribution in [3.05, 3.63) is 54.0 Å². The van der Waals surface area contributed by atoms with E-state index in [4.69, 9.17) is 4.42 Å². The van der Waals surface area contributed by atoms with E-state index in [1.165, 1.54) is 6.07 Å². The van der Waals surface area contributed by atoms with Crippen LogP contribution in [0.5, 0.6) is 0 Å². The zero-order valence-corrected chi connectivity index (χ0v) is 15.0. The summed E-state index contributed by atoms with van der Waals surface area (Å²) in [4.78, 5) is 16.2. The third-order valence-corrected chi connectivity index (χ3v) is 4.66. The van der Waals surface area contributed by atoms with Gasteiger partial charge in [-0.3, -0.25) is 10.1 Å². The number of benzene rings is 1. The first-order chi connectivity index (χ1) is 12.8. The molecule has 1 N–H and O–H groups in total. The predicted molar refractivity (Wildman–Crippen MR) is 95.2 cm³/mol. The Morgan fingerprint density at radius 3 is 2.56 bits per heavy atom. The Hall–Kier alpha value is -2.48. The van der Waals surface area contributed by atoms with Crippen LogP contribution < -0.4 is 10.2 Å². The number of nitrogens with one attached hydrogen (secondary N) is 1. The number of hydrogen-bond donors (Lipinski definition) is 1. The lowest BCUT2D eigenvalue weighted by Crippen LogP contribution is -2.53. The van der Waals surface area contributed by atoms with Crippen LogP contribution >= 0.6 is 0 Å². The Bertz CT molecular complexity index is 754. The number of hydrogen-bond acceptors (Lipinski definition) is 4. The van der Waals surface area contributed by atoms with E-state index in [1.54, 1.807) is 30.2 Å². The molecule has 27 heavy (non-hydrogen) atoms. The van der Waals surface area contributed by atoms with Crippen LogP contribution in [0.1, 0.15) is 18.2 Å². The average Bonchev–Trinajstić information content (AvgIpc) is 3.19. The molecule has 1 aromatic carbocycles. The van der Waals surface area contributed by atoms with Crippen molar-refractivity contribution in [1.82, 2.24) is 10.2 Å². The highest BCUT2D eigenvalue weighted by Crippen LogP contribution is 2.31. The van der Waals surface area contributed by atoms with Gasteiger partial charge in [0.2, 0.25) is 5.91 Å². The second-order valence-corrected chi connectivity index (χ2v) is 6.54. The van der Waals surface area contributed by atoms with Crippen LogP contribution in [0.3, 0.4) is 0 Å². The number of rotatable bonds is 5. The zero-order valence-electron chi connectivity index (χ0n) is 15.0. The minimum absolute atomic E-state index is 0.0229. The second kappa shape index (κ2) is 8.04. The van der Waals surface area contributed by atoms with Crippen LogP contribution in [0.25, 0.3) is 0 Å². The van der Waals surface area contributed by atoms with E-state index in [-0.39, 0.29) is 11.9 Å². The topological polar surface area (TPSA) is 48.7 Å². The first kappa shape index (κ1) is 19.3. The second-order valence-electron chi connectivity index (χ2n) is 6.54. The Morgan fingerprint density at radius 1 is 1.19 bits per heavy atom. The van der Waals surface area contributed by atoms with Crippen molar-refractivity contribution in [2.24, 2.45) is 0 Å². The standard InChI is InChI=1S/C19H22F3N3O2/c1-14(23-13-17-6-3-11-27-17)18(26)25-9-7-24(8-10-25)16-5-2-4-15(12-16)19(20,21)22/h2-6,11-12,14,23H,7-10,13H2,1H3. The molecule has 0 saturated carbocycles. The third kappa shape index (κ3) is 4.82. The molecule has 1 aliphatic rings. The number of amides is 1. The van der Waals surface area contributed by atoms with Crippen LogP contribution in [0.2, 0.25) is 0 Å². The van der Waals surface area contributed by atoms with E-state index < -0.39 is 11.7 Å². The first-order valence-electron chi connectivity index (χ1n) is 8.81. The molecule has 1 saturated heterocycles. The number of furan rings is 1. The van der Waals surface area contributed by atoms with Gasteiger partial charge in [-0.25, -0.2) is 0 Å². The van der Waals surface area contributed by atoms with Gasteiger partial charge in [-0.1, -0.05) is 6.07 Å². The van der Waals surface area contributed by atoms with Crippen molar-refractivity contribution in [2.45, 2.75) is 25.7 Å². The summed E-state index contributed by atoms with van der Waals surface area (Å²) < 4.78 is 43.9. The van der Waals surface area contributed by atoms with Gasteiger partial charge in [0.05, 0.1) is 24.4 Å². The molecule has 0 bridgehead atoms. The fourth-order valence-corrected chi connectivity index (χ4v) is 3.09. The van der Waals surface area contributed by atoms with Gasteiger partial charge < -0.3 is 14.2 Å². The maximum Gasteiger partial charge on any atom is 0.416 e. The third-order valence-electron chi connectivity index (χ3n) is 4.66. The summed E-state index contributed by atoms with van der Waals surface area (Å²) >= 11 is 0. The summed E-state index contributed by atoms with van der Waals surface area (Å²) in [6, 6.07) is 8.56. The molecule has 1 aliphatic heterocycles. The summed E-state index contributed by atoms with van der Waals surface area (Å²) in [5, 5.41) is 3.13. The van der Waals surface area contributed by atoms with Crippen LogP contribution in [0.15, 0.2) is 47.1 Å². The smallest absolute Gasteiger partial charge is 0.416 e. The maximum absolute atomic E-state index is 12.9. The lowest BCUT2D eigenvalue weighted by atomic mass is 10.1. The van der Waals surface area contributed by atoms with Gasteiger partial charge >= 0.3 is 6.18 Å². The van der Waals surface area contributed by atoms with Gasteiger partial charge in [0.25, 0.3) is 0 Å². The lowest BCUT2D eigenvalue weighted by molar-refractivity contribution is -0.137. The molecule has 0 radical (unpaired) electrons. The van der Waals surface area contributed by atoms with Crippen molar-refractivity contribution >= 4 is 11.6 Å². The summed E-state index contributed by atoms with van der Waals surface area (Å²) in [6.45, 7) is 4.20. The van der Waals surface area contributed by atoms with Crippen molar-refractivity contribution in [2.75, 3.05) is 31.1 Å². The molecule has 1 atom stereocenters. The van der Waals surface area contributed by atoms with Crippen LogP contribution in [-0.4, -0.2) is 43.0 Å². The fourth-order valence-electron chi connectivity index (χ4n) is 3.09. The van der Waals surface area contributed by atoms with Gasteiger partial charge in [-0.05, 0) is 37.3 Å². The van der Waals surface area contributed by atoms with Crippen molar-refractivity contribution in [3.8, 4) is 0 Å². The monoisotopic (exact) mass is 381 g/mol. The van der Waals surface area contributed by atoms with Gasteiger partial charge in [-0.15, -0.1) is 0 Å². The quantitative estimate of drug-likeness (QED) is 0.865. The molecule has 1 aromatic heterocycles. The van der Waals surface area contributed by atoms with Gasteiger partial charge in [0.15, 0.2) is 0 Å². The molecule has 2 heterocycles. The van der Waals surface area contributed by atoms with Crippen LogP contribution in [0, 0.1) is 0 Å². The highest BCUT2D eigenvalue weighted by atomic mass is 19.4. The molecule has 3 rings (SSSR count). The summed E-state index contributed by atoms with van der Waals surface area (Å²) in [5.74, 6) is 0.731. The molecule has 5 nitrogen and oxygen atoms in total. The number of nitrogens with zero attached hydrogens (tertiary/aromatic N) is 2. The number of alkyl halides is 3. The van der Waals surface area contributed by atoms with E-state index in [2.05, 4.69) is 5.32 Å². The highest BCUT2D eigenvalue weighted by Gasteiger charge is 2.31. The fraction of sp³-hybridized carbons (Fsp3) is 0.421. The highest BCUT2D eigenvalue weighted by molar-refractivity contribution is 5.81. The molecular formula is C19H22F3N3O2. The van der Waals surface area contributed by atoms with Gasteiger partial charge in [-0.2, -0.15) is 13.2 Å². The lowest BCUT2D eigenvalue weighted by Gasteiger charge is -2.37. The van der Waals surface area contributed by atoms with Crippen molar-refractivity contribution < 1.29 is 22.4 Å². The molecule has 0 spiro atoms. The van der Waals surface area contributed by atoms with Crippen molar-refractivity contribution in [3.63, 3.8) is 0 Å². The Kier molecular flexibility index (Phi) is 5.74. The molecule has 0 aliphatic carbocycles. The zero-order chi connectivity index (χ0) is 19.4. The van der Waals surface area contributed by atoms with Crippen molar-refractivity contribution in [1.29, 1.82) is 0 Å². The SMILES string of the molecule is CC(NCc1ccco1)C(=O)N1CCN(c2cccc(C(F)(F)F)c2)CC1. The molecular weight excluding hydrogens is 359 g/mol. The maximum atomic E-state index is 12.9. The van der Waals surface area contributed by atoms with Gasteiger partial charge in [0, 0.05) is 31.9 Å². The minimum Gasteiger partial charge on any atom is -0.468 e.